The van der Waals surface area contributed by atoms with Crippen molar-refractivity contribution in [3.63, 3.8) is 0 Å². The molecule has 1 N–H and O–H groups in total. The van der Waals surface area contributed by atoms with Crippen molar-refractivity contribution in [1.82, 2.24) is 5.32 Å². The fourth-order valence-electron chi connectivity index (χ4n) is 2.63. The lowest BCUT2D eigenvalue weighted by atomic mass is 9.98. The van der Waals surface area contributed by atoms with E-state index < -0.39 is 0 Å². The number of benzene rings is 2. The second-order valence-electron chi connectivity index (χ2n) is 5.64. The van der Waals surface area contributed by atoms with Gasteiger partial charge in [-0.15, -0.1) is 0 Å². The van der Waals surface area contributed by atoms with Gasteiger partial charge >= 0.3 is 0 Å². The Morgan fingerprint density at radius 3 is 2.29 bits per heavy atom. The monoisotopic (exact) mass is 349 g/mol. The third kappa shape index (κ3) is 3.92. The van der Waals surface area contributed by atoms with Gasteiger partial charge in [0.2, 0.25) is 0 Å². The number of nitrogens with one attached hydrogen (secondary N) is 1. The minimum absolute atomic E-state index is 0.134. The predicted molar refractivity (Wildman–Crippen MR) is 90.0 cm³/mol. The molecule has 0 saturated carbocycles. The molecule has 0 heterocycles. The number of hydrogen-bond acceptors (Lipinski definition) is 1. The van der Waals surface area contributed by atoms with Gasteiger partial charge in [0.05, 0.1) is 0 Å². The van der Waals surface area contributed by atoms with E-state index in [0.717, 1.165) is 10.0 Å². The zero-order valence-electron chi connectivity index (χ0n) is 12.9. The van der Waals surface area contributed by atoms with Crippen LogP contribution in [0.15, 0.2) is 40.9 Å². The first-order valence-corrected chi connectivity index (χ1v) is 7.96. The molecule has 0 radical (unpaired) electrons. The summed E-state index contributed by atoms with van der Waals surface area (Å²) >= 11 is 3.44. The largest absolute Gasteiger partial charge is 0.304 e. The molecule has 2 atom stereocenters. The van der Waals surface area contributed by atoms with E-state index in [1.54, 1.807) is 0 Å². The van der Waals surface area contributed by atoms with E-state index in [4.69, 9.17) is 0 Å². The molecule has 3 heteroatoms. The van der Waals surface area contributed by atoms with E-state index in [1.807, 2.05) is 6.07 Å². The zero-order valence-corrected chi connectivity index (χ0v) is 14.5. The van der Waals surface area contributed by atoms with Gasteiger partial charge in [0.15, 0.2) is 0 Å². The fourth-order valence-corrected chi connectivity index (χ4v) is 3.33. The number of aryl methyl sites for hydroxylation is 2. The normalized spacial score (nSPS) is 14.0. The molecule has 2 aromatic carbocycles. The van der Waals surface area contributed by atoms with Crippen molar-refractivity contribution in [2.24, 2.45) is 0 Å². The first kappa shape index (κ1) is 16.2. The van der Waals surface area contributed by atoms with Gasteiger partial charge in [-0.2, -0.15) is 0 Å². The summed E-state index contributed by atoms with van der Waals surface area (Å²) in [5, 5.41) is 3.59. The van der Waals surface area contributed by atoms with E-state index in [0.29, 0.717) is 0 Å². The molecule has 0 bridgehead atoms. The first-order chi connectivity index (χ1) is 9.88. The average Bonchev–Trinajstić information content (AvgIpc) is 2.41. The second-order valence-corrected chi connectivity index (χ2v) is 6.49. The minimum atomic E-state index is -0.222. The molecule has 1 nitrogen and oxygen atoms in total. The second kappa shape index (κ2) is 6.71. The Morgan fingerprint density at radius 2 is 1.62 bits per heavy atom. The Kier molecular flexibility index (Phi) is 5.17. The lowest BCUT2D eigenvalue weighted by Crippen LogP contribution is -2.23. The van der Waals surface area contributed by atoms with Gasteiger partial charge in [0, 0.05) is 16.6 Å². The third-order valence-corrected chi connectivity index (χ3v) is 4.52. The maximum absolute atomic E-state index is 13.2. The number of hydrogen-bond donors (Lipinski definition) is 1. The van der Waals surface area contributed by atoms with Crippen molar-refractivity contribution < 1.29 is 4.39 Å². The van der Waals surface area contributed by atoms with Crippen molar-refractivity contribution in [3.05, 3.63) is 68.9 Å². The van der Waals surface area contributed by atoms with Crippen LogP contribution < -0.4 is 5.32 Å². The lowest BCUT2D eigenvalue weighted by molar-refractivity contribution is 0.491. The number of halogens is 2. The van der Waals surface area contributed by atoms with Crippen LogP contribution in [0.2, 0.25) is 0 Å². The molecule has 0 amide bonds. The van der Waals surface area contributed by atoms with Gasteiger partial charge in [-0.1, -0.05) is 45.8 Å². The van der Waals surface area contributed by atoms with Gasteiger partial charge in [0.25, 0.3) is 0 Å². The Balaban J connectivity index is 2.18. The molecule has 0 aliphatic rings. The molecule has 2 rings (SSSR count). The lowest BCUT2D eigenvalue weighted by Gasteiger charge is -2.23. The van der Waals surface area contributed by atoms with Crippen molar-refractivity contribution in [2.75, 3.05) is 0 Å². The maximum atomic E-state index is 13.2. The Morgan fingerprint density at radius 1 is 0.952 bits per heavy atom. The van der Waals surface area contributed by atoms with Crippen LogP contribution in [0.3, 0.4) is 0 Å². The summed E-state index contributed by atoms with van der Waals surface area (Å²) < 4.78 is 14.0. The van der Waals surface area contributed by atoms with Gasteiger partial charge in [-0.3, -0.25) is 0 Å². The molecule has 0 aromatic heterocycles. The van der Waals surface area contributed by atoms with E-state index >= 15 is 0 Å². The van der Waals surface area contributed by atoms with Gasteiger partial charge < -0.3 is 5.32 Å². The van der Waals surface area contributed by atoms with Crippen molar-refractivity contribution >= 4 is 15.9 Å². The third-order valence-electron chi connectivity index (χ3n) is 3.83. The van der Waals surface area contributed by atoms with Crippen LogP contribution in [-0.4, -0.2) is 0 Å². The predicted octanol–water partition coefficient (Wildman–Crippen LogP) is 5.62. The summed E-state index contributed by atoms with van der Waals surface area (Å²) in [5.41, 5.74) is 4.92. The molecule has 2 unspecified atom stereocenters. The Bertz CT molecular complexity index is 639. The Labute approximate surface area is 134 Å². The van der Waals surface area contributed by atoms with Crippen LogP contribution in [0, 0.1) is 19.7 Å². The smallest absolute Gasteiger partial charge is 0.124 e. The summed E-state index contributed by atoms with van der Waals surface area (Å²) in [6.07, 6.45) is 0. The van der Waals surface area contributed by atoms with Crippen LogP contribution in [-0.2, 0) is 0 Å². The summed E-state index contributed by atoms with van der Waals surface area (Å²) in [4.78, 5) is 0. The molecule has 0 spiro atoms. The molecule has 0 aliphatic heterocycles. The highest BCUT2D eigenvalue weighted by molar-refractivity contribution is 9.10. The highest BCUT2D eigenvalue weighted by atomic mass is 79.9. The first-order valence-electron chi connectivity index (χ1n) is 7.16. The van der Waals surface area contributed by atoms with Crippen LogP contribution >= 0.6 is 15.9 Å². The molecule has 0 saturated heterocycles. The summed E-state index contributed by atoms with van der Waals surface area (Å²) in [6, 6.07) is 11.7. The highest BCUT2D eigenvalue weighted by Crippen LogP contribution is 2.27. The van der Waals surface area contributed by atoms with E-state index in [2.05, 4.69) is 67.1 Å². The maximum Gasteiger partial charge on any atom is 0.124 e. The molecular formula is C18H21BrFN. The van der Waals surface area contributed by atoms with Gasteiger partial charge in [-0.05, 0) is 56.5 Å². The minimum Gasteiger partial charge on any atom is -0.304 e. The number of rotatable bonds is 4. The topological polar surface area (TPSA) is 12.0 Å². The van der Waals surface area contributed by atoms with Gasteiger partial charge in [-0.25, -0.2) is 4.39 Å². The molecule has 0 aliphatic carbocycles. The Hall–Kier alpha value is -1.19. The van der Waals surface area contributed by atoms with Crippen molar-refractivity contribution in [2.45, 2.75) is 39.8 Å². The molecule has 21 heavy (non-hydrogen) atoms. The van der Waals surface area contributed by atoms with Crippen LogP contribution in [0.25, 0.3) is 0 Å². The molecule has 112 valence electrons. The molecular weight excluding hydrogens is 329 g/mol. The van der Waals surface area contributed by atoms with Crippen LogP contribution in [0.5, 0.6) is 0 Å². The van der Waals surface area contributed by atoms with Crippen LogP contribution in [0.4, 0.5) is 4.39 Å². The van der Waals surface area contributed by atoms with Crippen molar-refractivity contribution in [1.29, 1.82) is 0 Å². The SMILES string of the molecule is Cc1ccc(C)c(C(C)NC(C)c2ccc(F)cc2Br)c1. The standard InChI is InChI=1S/C18H21BrFN/c1-11-5-6-12(2)17(9-11)14(4)21-13(3)16-8-7-15(20)10-18(16)19/h5-10,13-14,21H,1-4H3. The van der Waals surface area contributed by atoms with Crippen molar-refractivity contribution in [3.8, 4) is 0 Å². The zero-order chi connectivity index (χ0) is 15.6. The van der Waals surface area contributed by atoms with Gasteiger partial charge in [0.1, 0.15) is 5.82 Å². The van der Waals surface area contributed by atoms with E-state index in [-0.39, 0.29) is 17.9 Å². The average molecular weight is 350 g/mol. The summed E-state index contributed by atoms with van der Waals surface area (Å²) in [6.45, 7) is 8.50. The summed E-state index contributed by atoms with van der Waals surface area (Å²) in [7, 11) is 0. The highest BCUT2D eigenvalue weighted by Gasteiger charge is 2.15. The summed E-state index contributed by atoms with van der Waals surface area (Å²) in [5.74, 6) is -0.222. The van der Waals surface area contributed by atoms with Crippen LogP contribution in [0.1, 0.15) is 48.2 Å². The fraction of sp³-hybridized carbons (Fsp3) is 0.333. The van der Waals surface area contributed by atoms with E-state index in [1.165, 1.54) is 28.8 Å². The molecule has 0 fully saturated rings. The molecule has 2 aromatic rings. The quantitative estimate of drug-likeness (QED) is 0.755. The van der Waals surface area contributed by atoms with E-state index in [9.17, 15) is 4.39 Å².